The van der Waals surface area contributed by atoms with Crippen molar-refractivity contribution in [2.75, 3.05) is 0 Å². The molecule has 0 bridgehead atoms. The van der Waals surface area contributed by atoms with Gasteiger partial charge in [-0.25, -0.2) is 0 Å². The van der Waals surface area contributed by atoms with Crippen LogP contribution >= 0.6 is 0 Å². The van der Waals surface area contributed by atoms with Crippen LogP contribution in [0.2, 0.25) is 17.3 Å². The van der Waals surface area contributed by atoms with Gasteiger partial charge in [0.05, 0.1) is 0 Å². The van der Waals surface area contributed by atoms with Crippen molar-refractivity contribution < 1.29 is 0 Å². The van der Waals surface area contributed by atoms with Crippen molar-refractivity contribution in [3.8, 4) is 11.3 Å². The minimum absolute atomic E-state index is 1.08. The van der Waals surface area contributed by atoms with Crippen molar-refractivity contribution >= 4 is 17.7 Å². The van der Waals surface area contributed by atoms with Gasteiger partial charge in [-0.15, -0.1) is 0 Å². The average molecular weight is 300 g/mol. The van der Waals surface area contributed by atoms with Crippen molar-refractivity contribution in [1.82, 2.24) is 4.98 Å². The number of hydrogen-bond acceptors (Lipinski definition) is 1. The Labute approximate surface area is 113 Å². The predicted molar refractivity (Wildman–Crippen MR) is 82.1 cm³/mol. The molecule has 0 saturated heterocycles. The van der Waals surface area contributed by atoms with Crippen molar-refractivity contribution in [1.29, 1.82) is 0 Å². The second kappa shape index (κ2) is 4.89. The zero-order valence-corrected chi connectivity index (χ0v) is 14.0. The Bertz CT molecular complexity index is 550. The number of rotatable bonds is 2. The van der Waals surface area contributed by atoms with E-state index in [0.29, 0.717) is 0 Å². The normalized spacial score (nSPS) is 11.6. The average Bonchev–Trinajstić information content (AvgIpc) is 2.32. The molecule has 0 unspecified atom stereocenters. The molecule has 0 aliphatic carbocycles. The van der Waals surface area contributed by atoms with Crippen LogP contribution in [0.5, 0.6) is 0 Å². The molecule has 94 valence electrons. The number of benzene rings is 1. The van der Waals surface area contributed by atoms with Gasteiger partial charge in [-0.05, 0) is 0 Å². The number of pyridine rings is 1. The van der Waals surface area contributed by atoms with Crippen LogP contribution in [0.1, 0.15) is 11.1 Å². The van der Waals surface area contributed by atoms with E-state index in [1.807, 2.05) is 0 Å². The van der Waals surface area contributed by atoms with Crippen LogP contribution in [0.3, 0.4) is 0 Å². The van der Waals surface area contributed by atoms with E-state index in [4.69, 9.17) is 0 Å². The first-order valence-corrected chi connectivity index (χ1v) is 13.8. The molecule has 2 rings (SSSR count). The van der Waals surface area contributed by atoms with E-state index in [0.717, 1.165) is 5.69 Å². The molecule has 2 aromatic rings. The maximum absolute atomic E-state index is 4.63. The standard InChI is InChI=1S/C16H21GeN/c1-12-6-7-14(10-13(12)2)16-9-8-15(11-18-16)17(3,4)5/h6-11H,1-5H3. The fourth-order valence-electron chi connectivity index (χ4n) is 1.91. The molecule has 0 aliphatic heterocycles. The van der Waals surface area contributed by atoms with Crippen LogP contribution in [0.25, 0.3) is 11.3 Å². The number of aryl methyl sites for hydroxylation is 2. The number of aromatic nitrogens is 1. The summed E-state index contributed by atoms with van der Waals surface area (Å²) in [6.07, 6.45) is 2.07. The first-order chi connectivity index (χ1) is 8.38. The van der Waals surface area contributed by atoms with Crippen LogP contribution in [-0.2, 0) is 0 Å². The summed E-state index contributed by atoms with van der Waals surface area (Å²) in [6.45, 7) is 4.29. The molecule has 1 heterocycles. The maximum atomic E-state index is 4.63. The molecule has 18 heavy (non-hydrogen) atoms. The molecule has 0 N–H and O–H groups in total. The van der Waals surface area contributed by atoms with E-state index in [-0.39, 0.29) is 0 Å². The molecule has 1 aromatic heterocycles. The molecule has 0 atom stereocenters. The minimum atomic E-state index is -1.73. The van der Waals surface area contributed by atoms with Gasteiger partial charge in [0, 0.05) is 0 Å². The van der Waals surface area contributed by atoms with Gasteiger partial charge in [-0.2, -0.15) is 0 Å². The van der Waals surface area contributed by atoms with Gasteiger partial charge in [0.25, 0.3) is 0 Å². The first-order valence-electron chi connectivity index (χ1n) is 6.42. The van der Waals surface area contributed by atoms with Gasteiger partial charge >= 0.3 is 113 Å². The third kappa shape index (κ3) is 2.83. The molecule has 2 heteroatoms. The number of hydrogen-bond donors (Lipinski definition) is 0. The Morgan fingerprint density at radius 2 is 1.61 bits per heavy atom. The zero-order chi connectivity index (χ0) is 13.3. The van der Waals surface area contributed by atoms with Crippen molar-refractivity contribution in [2.45, 2.75) is 31.1 Å². The topological polar surface area (TPSA) is 12.9 Å². The Balaban J connectivity index is 2.37. The Hall–Kier alpha value is -1.09. The predicted octanol–water partition coefficient (Wildman–Crippen LogP) is 3.91. The quantitative estimate of drug-likeness (QED) is 0.766. The van der Waals surface area contributed by atoms with E-state index in [9.17, 15) is 0 Å². The van der Waals surface area contributed by atoms with Crippen LogP contribution in [0, 0.1) is 13.8 Å². The van der Waals surface area contributed by atoms with Gasteiger partial charge in [-0.3, -0.25) is 0 Å². The summed E-state index contributed by atoms with van der Waals surface area (Å²) < 4.78 is 1.46. The summed E-state index contributed by atoms with van der Waals surface area (Å²) in [6, 6.07) is 11.0. The van der Waals surface area contributed by atoms with Gasteiger partial charge in [0.1, 0.15) is 0 Å². The van der Waals surface area contributed by atoms with E-state index in [2.05, 4.69) is 72.6 Å². The molecular weight excluding hydrogens is 279 g/mol. The third-order valence-electron chi connectivity index (χ3n) is 3.43. The van der Waals surface area contributed by atoms with Crippen molar-refractivity contribution in [2.24, 2.45) is 0 Å². The van der Waals surface area contributed by atoms with E-state index in [1.165, 1.54) is 21.1 Å². The molecular formula is C16H21GeN. The van der Waals surface area contributed by atoms with Gasteiger partial charge in [0.2, 0.25) is 0 Å². The molecule has 0 saturated carbocycles. The van der Waals surface area contributed by atoms with Crippen molar-refractivity contribution in [3.05, 3.63) is 47.7 Å². The third-order valence-corrected chi connectivity index (χ3v) is 7.69. The van der Waals surface area contributed by atoms with E-state index >= 15 is 0 Å². The zero-order valence-electron chi connectivity index (χ0n) is 11.9. The molecule has 0 radical (unpaired) electrons. The van der Waals surface area contributed by atoms with Crippen LogP contribution in [0.4, 0.5) is 0 Å². The molecule has 1 nitrogen and oxygen atoms in total. The fraction of sp³-hybridized carbons (Fsp3) is 0.312. The molecule has 0 spiro atoms. The Morgan fingerprint density at radius 3 is 2.11 bits per heavy atom. The summed E-state index contributed by atoms with van der Waals surface area (Å²) in [5.74, 6) is 7.19. The number of nitrogens with zero attached hydrogens (tertiary/aromatic N) is 1. The van der Waals surface area contributed by atoms with Gasteiger partial charge in [0.15, 0.2) is 0 Å². The molecule has 0 aliphatic rings. The summed E-state index contributed by atoms with van der Waals surface area (Å²) >= 11 is -1.73. The molecule has 0 amide bonds. The Kier molecular flexibility index (Phi) is 3.62. The van der Waals surface area contributed by atoms with Crippen molar-refractivity contribution in [3.63, 3.8) is 0 Å². The van der Waals surface area contributed by atoms with Crippen LogP contribution < -0.4 is 4.40 Å². The monoisotopic (exact) mass is 301 g/mol. The SMILES string of the molecule is Cc1ccc(-c2cc[c]([Ge]([CH3])([CH3])[CH3])cn2)cc1C. The van der Waals surface area contributed by atoms with Gasteiger partial charge in [-0.1, -0.05) is 0 Å². The molecule has 1 aromatic carbocycles. The second-order valence-electron chi connectivity index (χ2n) is 5.98. The van der Waals surface area contributed by atoms with E-state index in [1.54, 1.807) is 0 Å². The van der Waals surface area contributed by atoms with Crippen LogP contribution in [0.15, 0.2) is 36.5 Å². The summed E-state index contributed by atoms with van der Waals surface area (Å²) in [4.78, 5) is 4.63. The summed E-state index contributed by atoms with van der Waals surface area (Å²) in [5, 5.41) is 0. The fourth-order valence-corrected chi connectivity index (χ4v) is 4.08. The summed E-state index contributed by atoms with van der Waals surface area (Å²) in [7, 11) is 0. The second-order valence-corrected chi connectivity index (χ2v) is 16.6. The van der Waals surface area contributed by atoms with E-state index < -0.39 is 13.3 Å². The molecule has 0 fully saturated rings. The Morgan fingerprint density at radius 1 is 0.889 bits per heavy atom. The summed E-state index contributed by atoms with van der Waals surface area (Å²) in [5.41, 5.74) is 4.95. The first kappa shape index (κ1) is 13.3. The van der Waals surface area contributed by atoms with Gasteiger partial charge < -0.3 is 0 Å². The van der Waals surface area contributed by atoms with Crippen LogP contribution in [-0.4, -0.2) is 18.3 Å².